The molecule has 0 N–H and O–H groups in total. The van der Waals surface area contributed by atoms with Gasteiger partial charge in [0.15, 0.2) is 0 Å². The first-order valence-corrected chi connectivity index (χ1v) is 5.84. The molecule has 1 rings (SSSR count). The largest absolute Gasteiger partial charge is 0.459 e. The molecule has 0 aromatic carbocycles. The third-order valence-corrected chi connectivity index (χ3v) is 2.59. The van der Waals surface area contributed by atoms with Gasteiger partial charge >= 0.3 is 5.97 Å². The summed E-state index contributed by atoms with van der Waals surface area (Å²) in [5.74, 6) is 2.50. The van der Waals surface area contributed by atoms with Crippen LogP contribution in [0.2, 0.25) is 0 Å². The molecule has 0 aromatic rings. The lowest BCUT2D eigenvalue weighted by Crippen LogP contribution is -2.40. The first-order valence-electron chi connectivity index (χ1n) is 5.84. The Kier molecular flexibility index (Phi) is 4.37. The van der Waals surface area contributed by atoms with Crippen LogP contribution in [-0.2, 0) is 9.53 Å². The van der Waals surface area contributed by atoms with Crippen molar-refractivity contribution in [1.29, 1.82) is 0 Å². The summed E-state index contributed by atoms with van der Waals surface area (Å²) in [5, 5.41) is 0. The predicted molar refractivity (Wildman–Crippen MR) is 63.9 cm³/mol. The molecule has 0 spiro atoms. The Morgan fingerprint density at radius 1 is 1.56 bits per heavy atom. The summed E-state index contributed by atoms with van der Waals surface area (Å²) in [4.78, 5) is 14.1. The number of carbonyl (C=O) groups is 1. The van der Waals surface area contributed by atoms with Crippen molar-refractivity contribution in [2.24, 2.45) is 0 Å². The van der Waals surface area contributed by atoms with E-state index in [0.29, 0.717) is 6.42 Å². The molecule has 90 valence electrons. The summed E-state index contributed by atoms with van der Waals surface area (Å²) in [6.45, 7) is 7.43. The summed E-state index contributed by atoms with van der Waals surface area (Å²) >= 11 is 0. The molecule has 0 unspecified atom stereocenters. The van der Waals surface area contributed by atoms with Crippen molar-refractivity contribution in [2.75, 3.05) is 13.1 Å². The molecule has 3 heteroatoms. The normalized spacial score (nSPS) is 21.8. The highest BCUT2D eigenvalue weighted by atomic mass is 16.6. The third-order valence-electron chi connectivity index (χ3n) is 2.59. The Morgan fingerprint density at radius 2 is 2.25 bits per heavy atom. The number of ether oxygens (including phenoxy) is 1. The predicted octanol–water partition coefficient (Wildman–Crippen LogP) is 1.82. The molecule has 0 radical (unpaired) electrons. The van der Waals surface area contributed by atoms with Crippen LogP contribution in [0.4, 0.5) is 0 Å². The van der Waals surface area contributed by atoms with E-state index in [1.54, 1.807) is 0 Å². The van der Waals surface area contributed by atoms with Crippen LogP contribution in [0.3, 0.4) is 0 Å². The Bertz CT molecular complexity index is 285. The van der Waals surface area contributed by atoms with Gasteiger partial charge in [-0.05, 0) is 40.2 Å². The zero-order chi connectivity index (χ0) is 12.2. The van der Waals surface area contributed by atoms with E-state index in [0.717, 1.165) is 25.9 Å². The molecule has 1 atom stereocenters. The second-order valence-corrected chi connectivity index (χ2v) is 5.18. The highest BCUT2D eigenvalue weighted by Crippen LogP contribution is 2.20. The van der Waals surface area contributed by atoms with E-state index in [2.05, 4.69) is 10.8 Å². The molecular weight excluding hydrogens is 202 g/mol. The van der Waals surface area contributed by atoms with Crippen LogP contribution in [0.1, 0.15) is 40.0 Å². The highest BCUT2D eigenvalue weighted by molar-refractivity contribution is 5.76. The maximum absolute atomic E-state index is 11.9. The van der Waals surface area contributed by atoms with E-state index in [4.69, 9.17) is 11.2 Å². The maximum Gasteiger partial charge on any atom is 0.323 e. The van der Waals surface area contributed by atoms with Gasteiger partial charge in [0.05, 0.1) is 0 Å². The fourth-order valence-electron chi connectivity index (χ4n) is 1.94. The minimum atomic E-state index is -0.405. The van der Waals surface area contributed by atoms with Crippen molar-refractivity contribution < 1.29 is 9.53 Å². The zero-order valence-corrected chi connectivity index (χ0v) is 10.5. The summed E-state index contributed by atoms with van der Waals surface area (Å²) in [7, 11) is 0. The van der Waals surface area contributed by atoms with Gasteiger partial charge in [-0.15, -0.1) is 12.3 Å². The van der Waals surface area contributed by atoms with Gasteiger partial charge in [0.25, 0.3) is 0 Å². The molecule has 3 nitrogen and oxygen atoms in total. The van der Waals surface area contributed by atoms with Gasteiger partial charge in [0, 0.05) is 13.0 Å². The van der Waals surface area contributed by atoms with Crippen LogP contribution < -0.4 is 0 Å². The van der Waals surface area contributed by atoms with Crippen LogP contribution in [0, 0.1) is 12.3 Å². The molecule has 1 aliphatic rings. The van der Waals surface area contributed by atoms with Gasteiger partial charge in [-0.1, -0.05) is 0 Å². The number of likely N-dealkylation sites (tertiary alicyclic amines) is 1. The monoisotopic (exact) mass is 223 g/mol. The molecule has 1 heterocycles. The van der Waals surface area contributed by atoms with Gasteiger partial charge in [0.2, 0.25) is 0 Å². The van der Waals surface area contributed by atoms with Gasteiger partial charge in [-0.2, -0.15) is 0 Å². The molecular formula is C13H21NO2. The van der Waals surface area contributed by atoms with Crippen molar-refractivity contribution in [1.82, 2.24) is 4.90 Å². The number of rotatable bonds is 3. The van der Waals surface area contributed by atoms with Crippen molar-refractivity contribution >= 4 is 5.97 Å². The second kappa shape index (κ2) is 5.36. The summed E-state index contributed by atoms with van der Waals surface area (Å²) in [6.07, 6.45) is 7.87. The third kappa shape index (κ3) is 3.86. The molecule has 0 amide bonds. The molecule has 0 saturated carbocycles. The van der Waals surface area contributed by atoms with Crippen molar-refractivity contribution in [3.63, 3.8) is 0 Å². The Hall–Kier alpha value is -1.01. The van der Waals surface area contributed by atoms with Crippen LogP contribution in [0.15, 0.2) is 0 Å². The Balaban J connectivity index is 2.51. The molecule has 1 fully saturated rings. The number of hydrogen-bond acceptors (Lipinski definition) is 3. The lowest BCUT2D eigenvalue weighted by Gasteiger charge is -2.26. The van der Waals surface area contributed by atoms with Gasteiger partial charge < -0.3 is 4.74 Å². The van der Waals surface area contributed by atoms with E-state index in [1.165, 1.54) is 0 Å². The lowest BCUT2D eigenvalue weighted by molar-refractivity contribution is -0.160. The summed E-state index contributed by atoms with van der Waals surface area (Å²) in [6, 6.07) is -0.0902. The average molecular weight is 223 g/mol. The SMILES string of the molecule is C#CCCN1CCC[C@@H]1C(=O)OC(C)(C)C. The van der Waals surface area contributed by atoms with E-state index >= 15 is 0 Å². The average Bonchev–Trinajstić information content (AvgIpc) is 2.59. The van der Waals surface area contributed by atoms with Crippen LogP contribution in [-0.4, -0.2) is 35.6 Å². The molecule has 0 aromatic heterocycles. The topological polar surface area (TPSA) is 29.5 Å². The van der Waals surface area contributed by atoms with E-state index in [9.17, 15) is 4.79 Å². The van der Waals surface area contributed by atoms with Crippen LogP contribution in [0.5, 0.6) is 0 Å². The van der Waals surface area contributed by atoms with Crippen LogP contribution >= 0.6 is 0 Å². The first-order chi connectivity index (χ1) is 7.44. The van der Waals surface area contributed by atoms with E-state index < -0.39 is 5.60 Å². The second-order valence-electron chi connectivity index (χ2n) is 5.18. The van der Waals surface area contributed by atoms with Crippen LogP contribution in [0.25, 0.3) is 0 Å². The number of carbonyl (C=O) groups excluding carboxylic acids is 1. The zero-order valence-electron chi connectivity index (χ0n) is 10.5. The molecule has 16 heavy (non-hydrogen) atoms. The van der Waals surface area contributed by atoms with Gasteiger partial charge in [-0.3, -0.25) is 9.69 Å². The number of esters is 1. The standard InChI is InChI=1S/C13H21NO2/c1-5-6-9-14-10-7-8-11(14)12(15)16-13(2,3)4/h1,11H,6-10H2,2-4H3/t11-/m1/s1. The van der Waals surface area contributed by atoms with Crippen molar-refractivity contribution in [3.05, 3.63) is 0 Å². The fraction of sp³-hybridized carbons (Fsp3) is 0.769. The Labute approximate surface area is 98.1 Å². The van der Waals surface area contributed by atoms with E-state index in [-0.39, 0.29) is 12.0 Å². The molecule has 0 bridgehead atoms. The minimum Gasteiger partial charge on any atom is -0.459 e. The van der Waals surface area contributed by atoms with Crippen molar-refractivity contribution in [2.45, 2.75) is 51.7 Å². The molecule has 0 aliphatic carbocycles. The number of nitrogens with zero attached hydrogens (tertiary/aromatic N) is 1. The molecule has 1 saturated heterocycles. The molecule has 1 aliphatic heterocycles. The lowest BCUT2D eigenvalue weighted by atomic mass is 10.1. The highest BCUT2D eigenvalue weighted by Gasteiger charge is 2.33. The Morgan fingerprint density at radius 3 is 2.81 bits per heavy atom. The van der Waals surface area contributed by atoms with Gasteiger partial charge in [-0.25, -0.2) is 0 Å². The van der Waals surface area contributed by atoms with E-state index in [1.807, 2.05) is 20.8 Å². The smallest absolute Gasteiger partial charge is 0.323 e. The summed E-state index contributed by atoms with van der Waals surface area (Å²) in [5.41, 5.74) is -0.405. The quantitative estimate of drug-likeness (QED) is 0.540. The maximum atomic E-state index is 11.9. The minimum absolute atomic E-state index is 0.0902. The summed E-state index contributed by atoms with van der Waals surface area (Å²) < 4.78 is 5.40. The van der Waals surface area contributed by atoms with Gasteiger partial charge in [0.1, 0.15) is 11.6 Å². The number of terminal acetylenes is 1. The first kappa shape index (κ1) is 13.1. The number of hydrogen-bond donors (Lipinski definition) is 0. The van der Waals surface area contributed by atoms with Crippen molar-refractivity contribution in [3.8, 4) is 12.3 Å². The fourth-order valence-corrected chi connectivity index (χ4v) is 1.94.